The molecule has 0 aliphatic rings. The number of aliphatic hydroxyl groups is 2. The lowest BCUT2D eigenvalue weighted by Crippen LogP contribution is -2.40. The van der Waals surface area contributed by atoms with Crippen LogP contribution in [0.4, 0.5) is 25.0 Å². The van der Waals surface area contributed by atoms with Gasteiger partial charge in [-0.05, 0) is 169 Å². The zero-order chi connectivity index (χ0) is 44.3. The Morgan fingerprint density at radius 1 is 0.783 bits per heavy atom. The molecule has 16 heteroatoms. The largest absolute Gasteiger partial charge is 0.395 e. The summed E-state index contributed by atoms with van der Waals surface area (Å²) in [5.74, 6) is -0.731. The predicted molar refractivity (Wildman–Crippen MR) is 249 cm³/mol. The van der Waals surface area contributed by atoms with Gasteiger partial charge in [0.05, 0.1) is 41.7 Å². The zero-order valence-electron chi connectivity index (χ0n) is 33.8. The van der Waals surface area contributed by atoms with E-state index in [0.29, 0.717) is 36.2 Å². The molecule has 0 saturated carbocycles. The Balaban J connectivity index is 0.000000224. The minimum absolute atomic E-state index is 0.0368. The number of nitrogens with one attached hydrogen (secondary N) is 4. The van der Waals surface area contributed by atoms with Gasteiger partial charge in [-0.1, -0.05) is 23.3 Å². The molecular formula is C44H46F2I2N6O6. The van der Waals surface area contributed by atoms with E-state index in [0.717, 1.165) is 38.5 Å². The zero-order valence-corrected chi connectivity index (χ0v) is 38.2. The molecule has 2 aromatic heterocycles. The molecule has 0 saturated heterocycles. The Hall–Kier alpha value is -4.85. The van der Waals surface area contributed by atoms with Crippen molar-refractivity contribution in [2.75, 3.05) is 31.6 Å². The van der Waals surface area contributed by atoms with Gasteiger partial charge in [-0.15, -0.1) is 0 Å². The number of carbonyl (C=O) groups is 1. The van der Waals surface area contributed by atoms with E-state index in [1.54, 1.807) is 13.0 Å². The molecular weight excluding hydrogens is 1000 g/mol. The van der Waals surface area contributed by atoms with E-state index < -0.39 is 17.9 Å². The molecule has 0 radical (unpaired) electrons. The molecule has 4 aromatic carbocycles. The molecule has 2 amide bonds. The van der Waals surface area contributed by atoms with Crippen molar-refractivity contribution in [3.05, 3.63) is 146 Å². The number of isocyanates is 1. The lowest BCUT2D eigenvalue weighted by molar-refractivity contribution is 0.167. The number of hydrogen-bond acceptors (Lipinski definition) is 8. The van der Waals surface area contributed by atoms with E-state index in [2.05, 4.69) is 37.7 Å². The molecule has 0 aliphatic carbocycles. The van der Waals surface area contributed by atoms with Gasteiger partial charge in [-0.25, -0.2) is 18.4 Å². The van der Waals surface area contributed by atoms with Gasteiger partial charge < -0.3 is 35.7 Å². The highest BCUT2D eigenvalue weighted by molar-refractivity contribution is 14.1. The first-order valence-electron chi connectivity index (χ1n) is 18.8. The van der Waals surface area contributed by atoms with Crippen LogP contribution in [0.1, 0.15) is 59.3 Å². The number of rotatable bonds is 10. The van der Waals surface area contributed by atoms with E-state index in [-0.39, 0.29) is 42.7 Å². The number of hydrogen-bond donors (Lipinski definition) is 6. The van der Waals surface area contributed by atoms with Crippen LogP contribution in [0.2, 0.25) is 0 Å². The molecule has 0 fully saturated rings. The van der Waals surface area contributed by atoms with Crippen LogP contribution in [0.3, 0.4) is 0 Å². The number of H-pyrrole nitrogens is 2. The summed E-state index contributed by atoms with van der Waals surface area (Å²) in [4.78, 5) is 58.3. The van der Waals surface area contributed by atoms with Gasteiger partial charge in [0.2, 0.25) is 6.08 Å². The number of fused-ring (bicyclic) bond motifs is 2. The van der Waals surface area contributed by atoms with Crippen molar-refractivity contribution in [3.63, 3.8) is 0 Å². The van der Waals surface area contributed by atoms with Crippen LogP contribution in [0.25, 0.3) is 21.8 Å². The first kappa shape index (κ1) is 47.8. The molecule has 2 atom stereocenters. The number of aromatic nitrogens is 2. The second-order valence-electron chi connectivity index (χ2n) is 14.0. The molecule has 0 bridgehead atoms. The number of amides is 2. The number of pyridine rings is 2. The molecule has 60 heavy (non-hydrogen) atoms. The molecule has 0 spiro atoms. The number of urea groups is 1. The minimum atomic E-state index is -0.593. The number of carbonyl (C=O) groups excluding carboxylic acids is 2. The quantitative estimate of drug-likeness (QED) is 0.0452. The summed E-state index contributed by atoms with van der Waals surface area (Å²) in [6.45, 7) is 11.9. The topological polar surface area (TPSA) is 180 Å². The van der Waals surface area contributed by atoms with Gasteiger partial charge in [0.25, 0.3) is 11.1 Å². The van der Waals surface area contributed by atoms with Crippen molar-refractivity contribution < 1.29 is 28.6 Å². The van der Waals surface area contributed by atoms with Crippen molar-refractivity contribution >= 4 is 90.5 Å². The van der Waals surface area contributed by atoms with Crippen LogP contribution < -0.4 is 21.8 Å². The summed E-state index contributed by atoms with van der Waals surface area (Å²) in [6.07, 6.45) is 1.39. The molecule has 2 heterocycles. The minimum Gasteiger partial charge on any atom is -0.395 e. The lowest BCUT2D eigenvalue weighted by Gasteiger charge is -2.29. The second-order valence-corrected chi connectivity index (χ2v) is 16.4. The SMILES string of the molecule is Cc1cc(C)c2[nH]c(=O)c(C(C)N(CCO)C(=O)Nc3ccc(F)cc3I)cc2c1.Cc1cc(C)c2[nH]c(=O)c(C(C)NCCO)cc2c1.O=C=Nc1ccc(F)cc1I. The Bertz CT molecular complexity index is 2670. The number of benzene rings is 4. The van der Waals surface area contributed by atoms with Crippen LogP contribution in [0.5, 0.6) is 0 Å². The molecule has 6 aromatic rings. The maximum Gasteiger partial charge on any atom is 0.322 e. The van der Waals surface area contributed by atoms with Crippen molar-refractivity contribution in [1.82, 2.24) is 20.2 Å². The molecule has 316 valence electrons. The van der Waals surface area contributed by atoms with Gasteiger partial charge in [0.1, 0.15) is 11.6 Å². The highest BCUT2D eigenvalue weighted by Crippen LogP contribution is 2.26. The first-order valence-corrected chi connectivity index (χ1v) is 20.9. The summed E-state index contributed by atoms with van der Waals surface area (Å²) < 4.78 is 26.9. The van der Waals surface area contributed by atoms with Gasteiger partial charge in [0.15, 0.2) is 0 Å². The van der Waals surface area contributed by atoms with Gasteiger partial charge in [-0.2, -0.15) is 4.99 Å². The van der Waals surface area contributed by atoms with Crippen molar-refractivity contribution in [2.24, 2.45) is 4.99 Å². The third-order valence-corrected chi connectivity index (χ3v) is 11.2. The summed E-state index contributed by atoms with van der Waals surface area (Å²) in [5, 5.41) is 26.1. The number of anilines is 1. The van der Waals surface area contributed by atoms with Crippen LogP contribution in [-0.4, -0.2) is 63.5 Å². The molecule has 2 unspecified atom stereocenters. The monoisotopic (exact) mass is 1050 g/mol. The van der Waals surface area contributed by atoms with E-state index in [1.165, 1.54) is 52.9 Å². The summed E-state index contributed by atoms with van der Waals surface area (Å²) in [6, 6.07) is 18.7. The Morgan fingerprint density at radius 3 is 1.83 bits per heavy atom. The predicted octanol–water partition coefficient (Wildman–Crippen LogP) is 8.66. The average molecular weight is 1050 g/mol. The maximum absolute atomic E-state index is 13.3. The first-order chi connectivity index (χ1) is 28.5. The Labute approximate surface area is 372 Å². The highest BCUT2D eigenvalue weighted by Gasteiger charge is 2.24. The molecule has 0 aliphatic heterocycles. The van der Waals surface area contributed by atoms with Crippen LogP contribution in [0, 0.1) is 46.5 Å². The average Bonchev–Trinajstić information content (AvgIpc) is 3.18. The number of aliphatic imine (C=N–C) groups is 1. The van der Waals surface area contributed by atoms with Crippen LogP contribution >= 0.6 is 45.2 Å². The van der Waals surface area contributed by atoms with Gasteiger partial charge >= 0.3 is 6.03 Å². The number of halogens is 4. The lowest BCUT2D eigenvalue weighted by atomic mass is 10.0. The molecule has 12 nitrogen and oxygen atoms in total. The van der Waals surface area contributed by atoms with Crippen molar-refractivity contribution in [3.8, 4) is 0 Å². The van der Waals surface area contributed by atoms with E-state index in [1.807, 2.05) is 98.0 Å². The van der Waals surface area contributed by atoms with Gasteiger partial charge in [0, 0.05) is 37.4 Å². The van der Waals surface area contributed by atoms with E-state index in [9.17, 15) is 33.1 Å². The van der Waals surface area contributed by atoms with Crippen LogP contribution in [-0.2, 0) is 4.79 Å². The summed E-state index contributed by atoms with van der Waals surface area (Å²) >= 11 is 3.83. The number of aryl methyl sites for hydroxylation is 4. The third-order valence-electron chi connectivity index (χ3n) is 9.44. The van der Waals surface area contributed by atoms with E-state index in [4.69, 9.17) is 5.11 Å². The number of aliphatic hydroxyl groups excluding tert-OH is 2. The summed E-state index contributed by atoms with van der Waals surface area (Å²) in [5.41, 5.74) is 7.63. The van der Waals surface area contributed by atoms with E-state index >= 15 is 0 Å². The summed E-state index contributed by atoms with van der Waals surface area (Å²) in [7, 11) is 0. The Morgan fingerprint density at radius 2 is 1.32 bits per heavy atom. The number of aromatic amines is 2. The Kier molecular flexibility index (Phi) is 17.6. The standard InChI is InChI=1S/C22H23FIN3O3.C15H20N2O2.C7H3FINO/c1-12-8-13(2)20-15(9-12)10-17(21(29)26-20)14(3)27(6-7-28)22(30)25-19-5-4-16(23)11-18(19)24;1-9-6-10(2)14-12(7-9)8-13(15(19)17-14)11(3)16-4-5-18;8-5-1-2-7(10-4-11)6(9)3-5/h4-5,8-11,14,28H,6-7H2,1-3H3,(H,25,30)(H,26,29);6-8,11,16,18H,4-5H2,1-3H3,(H,17,19);1-3H. The molecule has 6 N–H and O–H groups in total. The van der Waals surface area contributed by atoms with Crippen LogP contribution in [0.15, 0.2) is 87.4 Å². The fourth-order valence-corrected chi connectivity index (χ4v) is 7.79. The van der Waals surface area contributed by atoms with Crippen molar-refractivity contribution in [1.29, 1.82) is 0 Å². The van der Waals surface area contributed by atoms with Crippen molar-refractivity contribution in [2.45, 2.75) is 53.6 Å². The third kappa shape index (κ3) is 12.6. The van der Waals surface area contributed by atoms with Gasteiger partial charge in [-0.3, -0.25) is 9.59 Å². The fourth-order valence-electron chi connectivity index (χ4n) is 6.58. The number of nitrogens with zero attached hydrogens (tertiary/aromatic N) is 2. The fraction of sp³-hybridized carbons (Fsp3) is 0.273. The normalized spacial score (nSPS) is 11.7. The highest BCUT2D eigenvalue weighted by atomic mass is 127. The molecule has 6 rings (SSSR count). The second kappa shape index (κ2) is 22.1. The smallest absolute Gasteiger partial charge is 0.322 e. The maximum atomic E-state index is 13.3.